The molecule has 0 unspecified atom stereocenters. The largest absolute Gasteiger partial charge is 0.506 e. The fraction of sp³-hybridized carbons (Fsp3) is 0.185. The van der Waals surface area contributed by atoms with Gasteiger partial charge in [0.05, 0.1) is 11.0 Å². The number of fused-ring (bicyclic) bond motifs is 1. The van der Waals surface area contributed by atoms with Crippen LogP contribution >= 0.6 is 0 Å². The lowest BCUT2D eigenvalue weighted by atomic mass is 9.98. The number of allylic oxidation sites excluding steroid dienone is 1. The van der Waals surface area contributed by atoms with Crippen LogP contribution in [0.2, 0.25) is 0 Å². The number of ketones is 1. The predicted molar refractivity (Wildman–Crippen MR) is 130 cm³/mol. The number of carbonyl (C=O) groups is 1. The van der Waals surface area contributed by atoms with Crippen LogP contribution in [0.4, 0.5) is 0 Å². The first-order valence-corrected chi connectivity index (χ1v) is 10.9. The van der Waals surface area contributed by atoms with Crippen molar-refractivity contribution in [2.75, 3.05) is 18.1 Å². The first-order chi connectivity index (χ1) is 15.5. The second-order valence-corrected chi connectivity index (χ2v) is 7.66. The minimum absolute atomic E-state index is 0.0834. The molecule has 5 nitrogen and oxygen atoms in total. The third kappa shape index (κ3) is 3.89. The standard InChI is InChI=1S/C27H27N3O2/c1-4-29(5-2)30-23-17-16-19(3)18-22(23)28-27(30)24(25(31)20-12-8-6-9-13-20)26(32)21-14-10-7-11-15-21/h6-18,31H,4-5H2,1-3H3. The van der Waals surface area contributed by atoms with Gasteiger partial charge in [-0.2, -0.15) is 0 Å². The fourth-order valence-electron chi connectivity index (χ4n) is 3.92. The van der Waals surface area contributed by atoms with Crippen LogP contribution in [0.15, 0.2) is 78.9 Å². The van der Waals surface area contributed by atoms with Crippen LogP contribution in [0.25, 0.3) is 22.4 Å². The average molecular weight is 426 g/mol. The summed E-state index contributed by atoms with van der Waals surface area (Å²) in [6, 6.07) is 24.2. The number of carbonyl (C=O) groups excluding carboxylic acids is 1. The zero-order valence-electron chi connectivity index (χ0n) is 18.6. The highest BCUT2D eigenvalue weighted by Crippen LogP contribution is 2.31. The Kier molecular flexibility index (Phi) is 6.08. The lowest BCUT2D eigenvalue weighted by Gasteiger charge is -2.26. The second kappa shape index (κ2) is 9.10. The minimum Gasteiger partial charge on any atom is -0.506 e. The van der Waals surface area contributed by atoms with E-state index in [0.29, 0.717) is 17.0 Å². The Morgan fingerprint density at radius 1 is 0.906 bits per heavy atom. The van der Waals surface area contributed by atoms with E-state index >= 15 is 0 Å². The summed E-state index contributed by atoms with van der Waals surface area (Å²) in [6.07, 6.45) is 0. The molecule has 0 radical (unpaired) electrons. The van der Waals surface area contributed by atoms with E-state index in [1.807, 2.05) is 66.2 Å². The molecule has 5 heteroatoms. The summed E-state index contributed by atoms with van der Waals surface area (Å²) in [5.74, 6) is 0.0804. The van der Waals surface area contributed by atoms with Gasteiger partial charge in [0.2, 0.25) is 5.78 Å². The third-order valence-electron chi connectivity index (χ3n) is 5.57. The fourth-order valence-corrected chi connectivity index (χ4v) is 3.92. The summed E-state index contributed by atoms with van der Waals surface area (Å²) in [4.78, 5) is 18.6. The Hall–Kier alpha value is -3.86. The molecule has 0 saturated carbocycles. The molecule has 3 aromatic carbocycles. The van der Waals surface area contributed by atoms with E-state index in [-0.39, 0.29) is 17.1 Å². The lowest BCUT2D eigenvalue weighted by Crippen LogP contribution is -2.35. The molecular weight excluding hydrogens is 398 g/mol. The van der Waals surface area contributed by atoms with Gasteiger partial charge in [-0.25, -0.2) is 9.66 Å². The highest BCUT2D eigenvalue weighted by molar-refractivity contribution is 6.33. The molecule has 0 amide bonds. The topological polar surface area (TPSA) is 58.4 Å². The van der Waals surface area contributed by atoms with Gasteiger partial charge in [0, 0.05) is 24.2 Å². The molecule has 32 heavy (non-hydrogen) atoms. The molecule has 162 valence electrons. The summed E-state index contributed by atoms with van der Waals surface area (Å²) in [6.45, 7) is 7.59. The second-order valence-electron chi connectivity index (χ2n) is 7.66. The SMILES string of the molecule is CCN(CC)n1c(C(C(=O)c2ccccc2)=C(O)c2ccccc2)nc2cc(C)ccc21. The van der Waals surface area contributed by atoms with Crippen LogP contribution in [0.1, 0.15) is 41.2 Å². The Morgan fingerprint density at radius 3 is 2.09 bits per heavy atom. The van der Waals surface area contributed by atoms with E-state index < -0.39 is 0 Å². The van der Waals surface area contributed by atoms with Crippen molar-refractivity contribution in [1.82, 2.24) is 9.66 Å². The molecule has 1 N–H and O–H groups in total. The first kappa shape index (κ1) is 21.4. The van der Waals surface area contributed by atoms with Gasteiger partial charge < -0.3 is 10.1 Å². The van der Waals surface area contributed by atoms with Crippen molar-refractivity contribution in [3.8, 4) is 0 Å². The van der Waals surface area contributed by atoms with Gasteiger partial charge in [-0.1, -0.05) is 66.7 Å². The summed E-state index contributed by atoms with van der Waals surface area (Å²) >= 11 is 0. The van der Waals surface area contributed by atoms with Crippen LogP contribution < -0.4 is 5.01 Å². The van der Waals surface area contributed by atoms with Crippen LogP contribution in [-0.2, 0) is 0 Å². The summed E-state index contributed by atoms with van der Waals surface area (Å²) < 4.78 is 1.96. The molecule has 1 heterocycles. The van der Waals surface area contributed by atoms with Gasteiger partial charge in [0.25, 0.3) is 0 Å². The highest BCUT2D eigenvalue weighted by Gasteiger charge is 2.27. The van der Waals surface area contributed by atoms with Gasteiger partial charge in [-0.15, -0.1) is 0 Å². The van der Waals surface area contributed by atoms with Crippen LogP contribution in [0.3, 0.4) is 0 Å². The van der Waals surface area contributed by atoms with Gasteiger partial charge in [-0.05, 0) is 38.5 Å². The Labute approximate surface area is 188 Å². The summed E-state index contributed by atoms with van der Waals surface area (Å²) in [5, 5.41) is 13.5. The minimum atomic E-state index is -0.271. The summed E-state index contributed by atoms with van der Waals surface area (Å²) in [5.41, 5.74) is 4.02. The van der Waals surface area contributed by atoms with Crippen LogP contribution in [0, 0.1) is 6.92 Å². The third-order valence-corrected chi connectivity index (χ3v) is 5.57. The number of nitrogens with zero attached hydrogens (tertiary/aromatic N) is 3. The van der Waals surface area contributed by atoms with Crippen molar-refractivity contribution >= 4 is 28.1 Å². The smallest absolute Gasteiger partial charge is 0.200 e. The predicted octanol–water partition coefficient (Wildman–Crippen LogP) is 5.63. The number of aryl methyl sites for hydroxylation is 1. The Bertz CT molecular complexity index is 1270. The molecule has 0 aliphatic rings. The molecule has 0 saturated heterocycles. The number of rotatable bonds is 7. The molecule has 0 aliphatic carbocycles. The van der Waals surface area contributed by atoms with Crippen molar-refractivity contribution in [3.05, 3.63) is 101 Å². The number of aromatic nitrogens is 2. The summed E-state index contributed by atoms with van der Waals surface area (Å²) in [7, 11) is 0. The number of aliphatic hydroxyl groups is 1. The number of Topliss-reactive ketones (excluding diaryl/α,β-unsaturated/α-hetero) is 1. The van der Waals surface area contributed by atoms with E-state index in [9.17, 15) is 9.90 Å². The number of hydrogen-bond acceptors (Lipinski definition) is 4. The van der Waals surface area contributed by atoms with Crippen molar-refractivity contribution in [3.63, 3.8) is 0 Å². The normalized spacial score (nSPS) is 12.0. The number of benzene rings is 3. The molecule has 1 aromatic heterocycles. The van der Waals surface area contributed by atoms with Crippen molar-refractivity contribution in [2.24, 2.45) is 0 Å². The van der Waals surface area contributed by atoms with Gasteiger partial charge in [0.1, 0.15) is 11.3 Å². The van der Waals surface area contributed by atoms with Crippen LogP contribution in [-0.4, -0.2) is 33.6 Å². The van der Waals surface area contributed by atoms with E-state index in [1.165, 1.54) is 0 Å². The number of aliphatic hydroxyl groups excluding tert-OH is 1. The van der Waals surface area contributed by atoms with Crippen molar-refractivity contribution < 1.29 is 9.90 Å². The molecule has 0 fully saturated rings. The molecule has 0 aliphatic heterocycles. The van der Waals surface area contributed by atoms with Gasteiger partial charge in [-0.3, -0.25) is 4.79 Å². The molecule has 4 aromatic rings. The Balaban J connectivity index is 2.06. The zero-order valence-corrected chi connectivity index (χ0v) is 18.6. The Morgan fingerprint density at radius 2 is 1.50 bits per heavy atom. The lowest BCUT2D eigenvalue weighted by molar-refractivity contribution is 0.105. The van der Waals surface area contributed by atoms with Crippen molar-refractivity contribution in [2.45, 2.75) is 20.8 Å². The van der Waals surface area contributed by atoms with Gasteiger partial charge >= 0.3 is 0 Å². The molecule has 0 atom stereocenters. The monoisotopic (exact) mass is 425 g/mol. The van der Waals surface area contributed by atoms with E-state index in [4.69, 9.17) is 4.98 Å². The molecule has 0 spiro atoms. The quantitative estimate of drug-likeness (QED) is 0.237. The van der Waals surface area contributed by atoms with E-state index in [2.05, 4.69) is 18.9 Å². The molecular formula is C27H27N3O2. The average Bonchev–Trinajstić information content (AvgIpc) is 3.19. The maximum atomic E-state index is 13.8. The molecule has 4 rings (SSSR count). The molecule has 0 bridgehead atoms. The van der Waals surface area contributed by atoms with Crippen LogP contribution in [0.5, 0.6) is 0 Å². The van der Waals surface area contributed by atoms with E-state index in [0.717, 1.165) is 29.7 Å². The van der Waals surface area contributed by atoms with Crippen molar-refractivity contribution in [1.29, 1.82) is 0 Å². The number of imidazole rings is 1. The maximum Gasteiger partial charge on any atom is 0.200 e. The maximum absolute atomic E-state index is 13.8. The van der Waals surface area contributed by atoms with Gasteiger partial charge in [0.15, 0.2) is 5.82 Å². The highest BCUT2D eigenvalue weighted by atomic mass is 16.3. The van der Waals surface area contributed by atoms with E-state index in [1.54, 1.807) is 24.3 Å². The first-order valence-electron chi connectivity index (χ1n) is 10.9. The zero-order chi connectivity index (χ0) is 22.7. The number of hydrogen-bond donors (Lipinski definition) is 1.